The molecule has 2 aromatic rings. The third-order valence-electron chi connectivity index (χ3n) is 5.34. The predicted octanol–water partition coefficient (Wildman–Crippen LogP) is 3.92. The van der Waals surface area contributed by atoms with Crippen molar-refractivity contribution in [2.45, 2.75) is 51.4 Å². The molecular formula is C21H30N2O4Si. The Labute approximate surface area is 167 Å². The topological polar surface area (TPSA) is 77.5 Å². The highest BCUT2D eigenvalue weighted by atomic mass is 28.4. The zero-order chi connectivity index (χ0) is 20.9. The lowest BCUT2D eigenvalue weighted by atomic mass is 10.1. The smallest absolute Gasteiger partial charge is 0.328 e. The van der Waals surface area contributed by atoms with Gasteiger partial charge in [-0.05, 0) is 30.3 Å². The Morgan fingerprint density at radius 1 is 1.18 bits per heavy atom. The van der Waals surface area contributed by atoms with Crippen LogP contribution in [0.1, 0.15) is 37.6 Å². The van der Waals surface area contributed by atoms with Gasteiger partial charge in [-0.25, -0.2) is 4.79 Å². The molecule has 1 N–H and O–H groups in total. The van der Waals surface area contributed by atoms with Crippen LogP contribution >= 0.6 is 0 Å². The van der Waals surface area contributed by atoms with E-state index in [0.29, 0.717) is 24.1 Å². The Kier molecular flexibility index (Phi) is 6.95. The second kappa shape index (κ2) is 8.83. The highest BCUT2D eigenvalue weighted by Crippen LogP contribution is 2.36. The SMILES string of the molecule is COC(=O)[C@@H](CCO[Si](C)(C)C(C)(C)C)NC(=O)c1cccc2cccnc12. The van der Waals surface area contributed by atoms with E-state index >= 15 is 0 Å². The minimum Gasteiger partial charge on any atom is -0.467 e. The van der Waals surface area contributed by atoms with Gasteiger partial charge >= 0.3 is 5.97 Å². The predicted molar refractivity (Wildman–Crippen MR) is 113 cm³/mol. The number of carbonyl (C=O) groups excluding carboxylic acids is 2. The van der Waals surface area contributed by atoms with Crippen LogP contribution < -0.4 is 5.32 Å². The molecule has 0 saturated carbocycles. The number of para-hydroxylation sites is 1. The van der Waals surface area contributed by atoms with Crippen LogP contribution in [0.2, 0.25) is 18.1 Å². The van der Waals surface area contributed by atoms with Crippen molar-refractivity contribution in [1.82, 2.24) is 10.3 Å². The van der Waals surface area contributed by atoms with E-state index in [1.807, 2.05) is 18.2 Å². The summed E-state index contributed by atoms with van der Waals surface area (Å²) in [5.74, 6) is -0.840. The molecule has 1 atom stereocenters. The molecular weight excluding hydrogens is 372 g/mol. The summed E-state index contributed by atoms with van der Waals surface area (Å²) in [6.45, 7) is 11.2. The van der Waals surface area contributed by atoms with E-state index in [2.05, 4.69) is 44.2 Å². The summed E-state index contributed by atoms with van der Waals surface area (Å²) in [6.07, 6.45) is 1.99. The van der Waals surface area contributed by atoms with Gasteiger partial charge in [0.05, 0.1) is 18.2 Å². The summed E-state index contributed by atoms with van der Waals surface area (Å²) in [6, 6.07) is 8.33. The second-order valence-electron chi connectivity index (χ2n) is 8.33. The molecule has 0 fully saturated rings. The maximum atomic E-state index is 12.8. The van der Waals surface area contributed by atoms with Crippen molar-refractivity contribution in [2.75, 3.05) is 13.7 Å². The van der Waals surface area contributed by atoms with Gasteiger partial charge in [-0.15, -0.1) is 0 Å². The molecule has 0 aliphatic heterocycles. The van der Waals surface area contributed by atoms with Crippen LogP contribution in [0.15, 0.2) is 36.5 Å². The molecule has 28 heavy (non-hydrogen) atoms. The van der Waals surface area contributed by atoms with Crippen molar-refractivity contribution >= 4 is 31.1 Å². The zero-order valence-electron chi connectivity index (χ0n) is 17.5. The van der Waals surface area contributed by atoms with Crippen LogP contribution in [0.4, 0.5) is 0 Å². The quantitative estimate of drug-likeness (QED) is 0.561. The molecule has 0 radical (unpaired) electrons. The largest absolute Gasteiger partial charge is 0.467 e. The minimum absolute atomic E-state index is 0.0750. The Morgan fingerprint density at radius 3 is 2.50 bits per heavy atom. The minimum atomic E-state index is -1.93. The molecule has 0 unspecified atom stereocenters. The van der Waals surface area contributed by atoms with E-state index in [1.165, 1.54) is 7.11 Å². The monoisotopic (exact) mass is 402 g/mol. The van der Waals surface area contributed by atoms with Gasteiger partial charge in [0, 0.05) is 24.6 Å². The van der Waals surface area contributed by atoms with Crippen LogP contribution in [0, 0.1) is 0 Å². The number of amides is 1. The van der Waals surface area contributed by atoms with Crippen LogP contribution in [0.25, 0.3) is 10.9 Å². The molecule has 152 valence electrons. The van der Waals surface area contributed by atoms with Gasteiger partial charge in [0.15, 0.2) is 8.32 Å². The number of pyridine rings is 1. The molecule has 1 aromatic heterocycles. The fourth-order valence-corrected chi connectivity index (χ4v) is 3.62. The summed E-state index contributed by atoms with van der Waals surface area (Å²) in [7, 11) is -0.617. The molecule has 0 aliphatic carbocycles. The first kappa shape index (κ1) is 22.0. The third kappa shape index (κ3) is 5.17. The average Bonchev–Trinajstić information content (AvgIpc) is 2.65. The number of nitrogens with one attached hydrogen (secondary N) is 1. The first-order valence-corrected chi connectivity index (χ1v) is 12.3. The first-order valence-electron chi connectivity index (χ1n) is 9.43. The number of methoxy groups -OCH3 is 1. The van der Waals surface area contributed by atoms with E-state index in [-0.39, 0.29) is 10.9 Å². The lowest BCUT2D eigenvalue weighted by Gasteiger charge is -2.36. The number of esters is 1. The van der Waals surface area contributed by atoms with E-state index in [0.717, 1.165) is 5.39 Å². The Bertz CT molecular complexity index is 840. The molecule has 1 amide bonds. The van der Waals surface area contributed by atoms with Gasteiger partial charge < -0.3 is 14.5 Å². The summed E-state index contributed by atoms with van der Waals surface area (Å²) < 4.78 is 11.0. The van der Waals surface area contributed by atoms with Crippen LogP contribution in [-0.2, 0) is 14.0 Å². The normalized spacial score (nSPS) is 13.2. The molecule has 0 aliphatic rings. The summed E-state index contributed by atoms with van der Waals surface area (Å²) >= 11 is 0. The van der Waals surface area contributed by atoms with Crippen molar-refractivity contribution in [3.8, 4) is 0 Å². The number of benzene rings is 1. The standard InChI is InChI=1S/C21H30N2O4Si/c1-21(2,3)28(5,6)27-14-12-17(20(25)26-4)23-19(24)16-11-7-9-15-10-8-13-22-18(15)16/h7-11,13,17H,12,14H2,1-6H3,(H,23,24)/t17-/m1/s1. The maximum Gasteiger partial charge on any atom is 0.328 e. The van der Waals surface area contributed by atoms with Crippen molar-refractivity contribution in [3.63, 3.8) is 0 Å². The molecule has 1 heterocycles. The molecule has 7 heteroatoms. The summed E-state index contributed by atoms with van der Waals surface area (Å²) in [5.41, 5.74) is 1.03. The van der Waals surface area contributed by atoms with Crippen molar-refractivity contribution in [2.24, 2.45) is 0 Å². The molecule has 6 nitrogen and oxygen atoms in total. The third-order valence-corrected chi connectivity index (χ3v) is 9.88. The Balaban J connectivity index is 2.11. The summed E-state index contributed by atoms with van der Waals surface area (Å²) in [5, 5.41) is 3.72. The van der Waals surface area contributed by atoms with E-state index in [9.17, 15) is 9.59 Å². The number of fused-ring (bicyclic) bond motifs is 1. The number of ether oxygens (including phenoxy) is 1. The van der Waals surface area contributed by atoms with E-state index < -0.39 is 20.3 Å². The highest BCUT2D eigenvalue weighted by molar-refractivity contribution is 6.74. The van der Waals surface area contributed by atoms with Crippen LogP contribution in [0.5, 0.6) is 0 Å². The first-order chi connectivity index (χ1) is 13.1. The van der Waals surface area contributed by atoms with Crippen LogP contribution in [0.3, 0.4) is 0 Å². The molecule has 0 spiro atoms. The fraction of sp³-hybridized carbons (Fsp3) is 0.476. The van der Waals surface area contributed by atoms with Gasteiger partial charge in [-0.2, -0.15) is 0 Å². The lowest BCUT2D eigenvalue weighted by Crippen LogP contribution is -2.45. The van der Waals surface area contributed by atoms with Gasteiger partial charge in [-0.3, -0.25) is 9.78 Å². The Hall–Kier alpha value is -2.25. The number of hydrogen-bond donors (Lipinski definition) is 1. The van der Waals surface area contributed by atoms with E-state index in [1.54, 1.807) is 18.3 Å². The number of hydrogen-bond acceptors (Lipinski definition) is 5. The summed E-state index contributed by atoms with van der Waals surface area (Å²) in [4.78, 5) is 29.3. The van der Waals surface area contributed by atoms with Crippen molar-refractivity contribution in [3.05, 3.63) is 42.1 Å². The average molecular weight is 403 g/mol. The lowest BCUT2D eigenvalue weighted by molar-refractivity contribution is -0.143. The molecule has 0 saturated heterocycles. The van der Waals surface area contributed by atoms with Crippen molar-refractivity contribution in [1.29, 1.82) is 0 Å². The zero-order valence-corrected chi connectivity index (χ0v) is 18.5. The van der Waals surface area contributed by atoms with Crippen LogP contribution in [-0.4, -0.2) is 44.9 Å². The Morgan fingerprint density at radius 2 is 1.86 bits per heavy atom. The molecule has 1 aromatic carbocycles. The molecule has 2 rings (SSSR count). The van der Waals surface area contributed by atoms with Crippen molar-refractivity contribution < 1.29 is 18.8 Å². The number of rotatable bonds is 7. The number of nitrogens with zero attached hydrogens (tertiary/aromatic N) is 1. The molecule has 0 bridgehead atoms. The number of carbonyl (C=O) groups is 2. The maximum absolute atomic E-state index is 12.8. The van der Waals surface area contributed by atoms with E-state index in [4.69, 9.17) is 9.16 Å². The van der Waals surface area contributed by atoms with Gasteiger partial charge in [0.1, 0.15) is 6.04 Å². The van der Waals surface area contributed by atoms with Gasteiger partial charge in [0.2, 0.25) is 0 Å². The van der Waals surface area contributed by atoms with Gasteiger partial charge in [0.25, 0.3) is 5.91 Å². The van der Waals surface area contributed by atoms with Gasteiger partial charge in [-0.1, -0.05) is 39.0 Å². The number of aromatic nitrogens is 1. The fourth-order valence-electron chi connectivity index (χ4n) is 2.56. The second-order valence-corrected chi connectivity index (χ2v) is 13.1. The highest BCUT2D eigenvalue weighted by Gasteiger charge is 2.37.